The Kier molecular flexibility index (Phi) is 3.13. The number of nitrogens with two attached hydrogens (primary N) is 1. The number of hydrogen-bond acceptors (Lipinski definition) is 3. The third kappa shape index (κ3) is 2.16. The Morgan fingerprint density at radius 3 is 2.76 bits per heavy atom. The number of aryl methyl sites for hydroxylation is 2. The van der Waals surface area contributed by atoms with Gasteiger partial charge in [-0.15, -0.1) is 0 Å². The van der Waals surface area contributed by atoms with Crippen LogP contribution in [0.15, 0.2) is 18.6 Å². The second kappa shape index (κ2) is 4.57. The van der Waals surface area contributed by atoms with Crippen molar-refractivity contribution in [3.63, 3.8) is 0 Å². The van der Waals surface area contributed by atoms with E-state index in [-0.39, 0.29) is 0 Å². The Balaban J connectivity index is 2.34. The van der Waals surface area contributed by atoms with Crippen molar-refractivity contribution >= 4 is 5.69 Å². The minimum Gasteiger partial charge on any atom is -0.398 e. The second-order valence-electron chi connectivity index (χ2n) is 4.25. The first kappa shape index (κ1) is 11.6. The lowest BCUT2D eigenvalue weighted by molar-refractivity contribution is 0.712. The maximum absolute atomic E-state index is 6.02. The quantitative estimate of drug-likeness (QED) is 0.878. The fourth-order valence-corrected chi connectivity index (χ4v) is 1.91. The average molecular weight is 230 g/mol. The molecule has 17 heavy (non-hydrogen) atoms. The van der Waals surface area contributed by atoms with Gasteiger partial charge in [-0.1, -0.05) is 6.92 Å². The molecule has 90 valence electrons. The molecule has 4 heteroatoms. The van der Waals surface area contributed by atoms with Crippen molar-refractivity contribution in [2.75, 3.05) is 5.73 Å². The van der Waals surface area contributed by atoms with E-state index in [0.717, 1.165) is 41.3 Å². The minimum absolute atomic E-state index is 0.736. The van der Waals surface area contributed by atoms with Crippen LogP contribution in [0.4, 0.5) is 5.69 Å². The highest BCUT2D eigenvalue weighted by Gasteiger charge is 2.08. The first-order valence-electron chi connectivity index (χ1n) is 5.84. The average Bonchev–Trinajstić information content (AvgIpc) is 2.77. The minimum atomic E-state index is 0.736. The Bertz CT molecular complexity index is 528. The van der Waals surface area contributed by atoms with E-state index in [1.807, 2.05) is 32.4 Å². The van der Waals surface area contributed by atoms with E-state index >= 15 is 0 Å². The van der Waals surface area contributed by atoms with Gasteiger partial charge in [0.15, 0.2) is 0 Å². The zero-order valence-corrected chi connectivity index (χ0v) is 10.6. The molecule has 2 aromatic heterocycles. The number of nitrogens with zero attached hydrogens (tertiary/aromatic N) is 3. The molecule has 2 rings (SSSR count). The summed E-state index contributed by atoms with van der Waals surface area (Å²) in [7, 11) is 0. The van der Waals surface area contributed by atoms with Crippen LogP contribution in [0.1, 0.15) is 29.6 Å². The maximum Gasteiger partial charge on any atom is 0.108 e. The molecule has 0 amide bonds. The molecule has 0 aromatic carbocycles. The summed E-state index contributed by atoms with van der Waals surface area (Å²) in [4.78, 5) is 8.76. The van der Waals surface area contributed by atoms with E-state index in [9.17, 15) is 0 Å². The SMILES string of the molecule is CCc1nccn1Cc1ncc(C)c(N)c1C. The Labute approximate surface area is 102 Å². The summed E-state index contributed by atoms with van der Waals surface area (Å²) in [6.45, 7) is 6.84. The van der Waals surface area contributed by atoms with Crippen LogP contribution in [-0.4, -0.2) is 14.5 Å². The number of rotatable bonds is 3. The lowest BCUT2D eigenvalue weighted by Crippen LogP contribution is -2.08. The van der Waals surface area contributed by atoms with Crippen molar-refractivity contribution in [3.8, 4) is 0 Å². The highest BCUT2D eigenvalue weighted by Crippen LogP contribution is 2.19. The lowest BCUT2D eigenvalue weighted by atomic mass is 10.1. The molecule has 0 saturated heterocycles. The molecule has 0 aliphatic carbocycles. The van der Waals surface area contributed by atoms with Gasteiger partial charge in [-0.05, 0) is 25.0 Å². The maximum atomic E-state index is 6.02. The fourth-order valence-electron chi connectivity index (χ4n) is 1.91. The van der Waals surface area contributed by atoms with Gasteiger partial charge in [-0.3, -0.25) is 4.98 Å². The lowest BCUT2D eigenvalue weighted by Gasteiger charge is -2.11. The van der Waals surface area contributed by atoms with E-state index in [1.54, 1.807) is 0 Å². The van der Waals surface area contributed by atoms with Crippen LogP contribution in [0.3, 0.4) is 0 Å². The summed E-state index contributed by atoms with van der Waals surface area (Å²) in [6, 6.07) is 0. The largest absolute Gasteiger partial charge is 0.398 e. The first-order valence-corrected chi connectivity index (χ1v) is 5.84. The van der Waals surface area contributed by atoms with Gasteiger partial charge in [0, 0.05) is 30.7 Å². The zero-order chi connectivity index (χ0) is 12.4. The highest BCUT2D eigenvalue weighted by atomic mass is 15.1. The molecular formula is C13H18N4. The van der Waals surface area contributed by atoms with Crippen LogP contribution >= 0.6 is 0 Å². The van der Waals surface area contributed by atoms with Crippen LogP contribution in [0.25, 0.3) is 0 Å². The molecule has 0 saturated carbocycles. The van der Waals surface area contributed by atoms with Gasteiger partial charge in [0.2, 0.25) is 0 Å². The predicted molar refractivity (Wildman–Crippen MR) is 68.8 cm³/mol. The van der Waals surface area contributed by atoms with Gasteiger partial charge in [-0.2, -0.15) is 0 Å². The molecule has 2 N–H and O–H groups in total. The molecule has 0 atom stereocenters. The molecule has 2 aromatic rings. The van der Waals surface area contributed by atoms with Gasteiger partial charge < -0.3 is 10.3 Å². The van der Waals surface area contributed by atoms with Crippen molar-refractivity contribution in [1.29, 1.82) is 0 Å². The molecule has 0 fully saturated rings. The van der Waals surface area contributed by atoms with E-state index in [0.29, 0.717) is 0 Å². The summed E-state index contributed by atoms with van der Waals surface area (Å²) in [5.41, 5.74) is 9.98. The molecule has 0 bridgehead atoms. The third-order valence-corrected chi connectivity index (χ3v) is 3.11. The Hall–Kier alpha value is -1.84. The number of hydrogen-bond donors (Lipinski definition) is 1. The van der Waals surface area contributed by atoms with Crippen LogP contribution in [0.2, 0.25) is 0 Å². The first-order chi connectivity index (χ1) is 8.13. The van der Waals surface area contributed by atoms with Gasteiger partial charge >= 0.3 is 0 Å². The number of anilines is 1. The molecule has 0 aliphatic heterocycles. The van der Waals surface area contributed by atoms with E-state index < -0.39 is 0 Å². The van der Waals surface area contributed by atoms with Crippen molar-refractivity contribution in [2.45, 2.75) is 33.7 Å². The van der Waals surface area contributed by atoms with Crippen LogP contribution in [-0.2, 0) is 13.0 Å². The normalized spacial score (nSPS) is 10.8. The summed E-state index contributed by atoms with van der Waals surface area (Å²) in [6.07, 6.45) is 6.56. The Morgan fingerprint density at radius 2 is 2.06 bits per heavy atom. The summed E-state index contributed by atoms with van der Waals surface area (Å²) < 4.78 is 2.12. The van der Waals surface area contributed by atoms with E-state index in [2.05, 4.69) is 21.5 Å². The number of nitrogen functional groups attached to an aromatic ring is 1. The molecule has 2 heterocycles. The van der Waals surface area contributed by atoms with Crippen molar-refractivity contribution in [3.05, 3.63) is 41.2 Å². The topological polar surface area (TPSA) is 56.7 Å². The predicted octanol–water partition coefficient (Wildman–Crippen LogP) is 2.09. The van der Waals surface area contributed by atoms with Gasteiger partial charge in [-0.25, -0.2) is 4.98 Å². The van der Waals surface area contributed by atoms with Crippen LogP contribution < -0.4 is 5.73 Å². The van der Waals surface area contributed by atoms with Crippen LogP contribution in [0.5, 0.6) is 0 Å². The van der Waals surface area contributed by atoms with Gasteiger partial charge in [0.25, 0.3) is 0 Å². The van der Waals surface area contributed by atoms with E-state index in [4.69, 9.17) is 5.73 Å². The summed E-state index contributed by atoms with van der Waals surface area (Å²) in [5, 5.41) is 0. The number of pyridine rings is 1. The smallest absolute Gasteiger partial charge is 0.108 e. The molecule has 0 radical (unpaired) electrons. The number of aromatic nitrogens is 3. The third-order valence-electron chi connectivity index (χ3n) is 3.11. The molecular weight excluding hydrogens is 212 g/mol. The van der Waals surface area contributed by atoms with Gasteiger partial charge in [0.05, 0.1) is 12.2 Å². The van der Waals surface area contributed by atoms with Crippen molar-refractivity contribution in [2.24, 2.45) is 0 Å². The molecule has 0 unspecified atom stereocenters. The molecule has 0 spiro atoms. The van der Waals surface area contributed by atoms with Crippen molar-refractivity contribution < 1.29 is 0 Å². The van der Waals surface area contributed by atoms with Crippen LogP contribution in [0, 0.1) is 13.8 Å². The standard InChI is InChI=1S/C13H18N4/c1-4-12-15-5-6-17(12)8-11-10(3)13(14)9(2)7-16-11/h5-7H,4,8H2,1-3H3,(H2,14,16). The second-order valence-corrected chi connectivity index (χ2v) is 4.25. The summed E-state index contributed by atoms with van der Waals surface area (Å²) >= 11 is 0. The van der Waals surface area contributed by atoms with Crippen molar-refractivity contribution in [1.82, 2.24) is 14.5 Å². The molecule has 0 aliphatic rings. The molecule has 4 nitrogen and oxygen atoms in total. The number of imidazole rings is 1. The van der Waals surface area contributed by atoms with Gasteiger partial charge in [0.1, 0.15) is 5.82 Å². The van der Waals surface area contributed by atoms with E-state index in [1.165, 1.54) is 0 Å². The highest BCUT2D eigenvalue weighted by molar-refractivity contribution is 5.53. The Morgan fingerprint density at radius 1 is 1.29 bits per heavy atom. The monoisotopic (exact) mass is 230 g/mol. The fraction of sp³-hybridized carbons (Fsp3) is 0.385. The summed E-state index contributed by atoms with van der Waals surface area (Å²) in [5.74, 6) is 1.07. The zero-order valence-electron chi connectivity index (χ0n) is 10.6.